The fourth-order valence-corrected chi connectivity index (χ4v) is 7.53. The van der Waals surface area contributed by atoms with Crippen molar-refractivity contribution in [1.29, 1.82) is 0 Å². The van der Waals surface area contributed by atoms with Crippen molar-refractivity contribution in [2.45, 2.75) is 45.2 Å². The summed E-state index contributed by atoms with van der Waals surface area (Å²) in [6.07, 6.45) is 4.36. The summed E-state index contributed by atoms with van der Waals surface area (Å²) in [5.74, 6) is -0.121. The molecule has 0 aliphatic carbocycles. The first-order chi connectivity index (χ1) is 15.2. The van der Waals surface area contributed by atoms with Crippen molar-refractivity contribution in [1.82, 2.24) is 10.3 Å². The topological polar surface area (TPSA) is 54.0 Å². The number of carbonyl (C=O) groups excluding carboxylic acids is 1. The Labute approximate surface area is 200 Å². The van der Waals surface area contributed by atoms with Crippen LogP contribution in [0.15, 0.2) is 47.9 Å². The van der Waals surface area contributed by atoms with E-state index in [1.54, 1.807) is 40.1 Å². The molecule has 0 unspecified atom stereocenters. The summed E-state index contributed by atoms with van der Waals surface area (Å²) >= 11 is 4.97. The van der Waals surface area contributed by atoms with Crippen molar-refractivity contribution in [3.8, 4) is 10.6 Å². The lowest BCUT2D eigenvalue weighted by molar-refractivity contribution is -0.111. The standard InChI is InChI=1S/C25H25N3OS3/c1-24(2)14-16-20(22-26-17-9-5-6-10-18(17)31-22)23(32-21(16)25(3,4)28-24)27-19(29)12-11-15-8-7-13-30-15/h5-13,28H,14H2,1-4H3,(H,27,29)/b12-11+. The van der Waals surface area contributed by atoms with Gasteiger partial charge in [0.05, 0.1) is 10.2 Å². The third-order valence-corrected chi connectivity index (χ3v) is 8.89. The van der Waals surface area contributed by atoms with E-state index in [0.29, 0.717) is 0 Å². The molecular weight excluding hydrogens is 454 g/mol. The van der Waals surface area contributed by atoms with E-state index in [0.717, 1.165) is 37.1 Å². The van der Waals surface area contributed by atoms with Gasteiger partial charge in [0, 0.05) is 32.5 Å². The van der Waals surface area contributed by atoms with Gasteiger partial charge in [-0.1, -0.05) is 18.2 Å². The Morgan fingerprint density at radius 3 is 2.69 bits per heavy atom. The highest BCUT2D eigenvalue weighted by Gasteiger charge is 2.41. The molecule has 0 bridgehead atoms. The predicted octanol–water partition coefficient (Wildman–Crippen LogP) is 6.90. The molecule has 0 saturated carbocycles. The Morgan fingerprint density at radius 1 is 1.12 bits per heavy atom. The number of amides is 1. The summed E-state index contributed by atoms with van der Waals surface area (Å²) in [7, 11) is 0. The van der Waals surface area contributed by atoms with E-state index in [1.165, 1.54) is 10.4 Å². The van der Waals surface area contributed by atoms with E-state index in [1.807, 2.05) is 41.8 Å². The van der Waals surface area contributed by atoms with E-state index < -0.39 is 0 Å². The molecule has 1 amide bonds. The Hall–Kier alpha value is -2.32. The maximum atomic E-state index is 12.8. The van der Waals surface area contributed by atoms with E-state index in [4.69, 9.17) is 4.98 Å². The molecule has 5 rings (SSSR count). The highest BCUT2D eigenvalue weighted by molar-refractivity contribution is 7.23. The van der Waals surface area contributed by atoms with Gasteiger partial charge in [-0.2, -0.15) is 0 Å². The van der Waals surface area contributed by atoms with E-state index in [9.17, 15) is 4.79 Å². The zero-order valence-corrected chi connectivity index (χ0v) is 20.9. The smallest absolute Gasteiger partial charge is 0.249 e. The van der Waals surface area contributed by atoms with Crippen molar-refractivity contribution in [3.63, 3.8) is 0 Å². The lowest BCUT2D eigenvalue weighted by Crippen LogP contribution is -2.54. The van der Waals surface area contributed by atoms with Gasteiger partial charge in [-0.05, 0) is 69.3 Å². The fourth-order valence-electron chi connectivity index (χ4n) is 4.52. The highest BCUT2D eigenvalue weighted by atomic mass is 32.1. The van der Waals surface area contributed by atoms with Crippen LogP contribution in [0.5, 0.6) is 0 Å². The second kappa shape index (κ2) is 7.92. The van der Waals surface area contributed by atoms with Gasteiger partial charge < -0.3 is 10.6 Å². The average molecular weight is 480 g/mol. The molecule has 4 aromatic rings. The van der Waals surface area contributed by atoms with Crippen LogP contribution in [0.3, 0.4) is 0 Å². The summed E-state index contributed by atoms with van der Waals surface area (Å²) in [6.45, 7) is 8.90. The Bertz CT molecular complexity index is 1290. The monoisotopic (exact) mass is 479 g/mol. The first-order valence-electron chi connectivity index (χ1n) is 10.6. The minimum atomic E-state index is -0.192. The number of fused-ring (bicyclic) bond motifs is 2. The molecule has 1 aliphatic heterocycles. The van der Waals surface area contributed by atoms with Crippen molar-refractivity contribution < 1.29 is 4.79 Å². The minimum absolute atomic E-state index is 0.0522. The van der Waals surface area contributed by atoms with Gasteiger partial charge in [-0.25, -0.2) is 4.98 Å². The van der Waals surface area contributed by atoms with Crippen molar-refractivity contribution in [2.75, 3.05) is 5.32 Å². The first kappa shape index (κ1) is 21.5. The molecule has 0 saturated heterocycles. The molecule has 7 heteroatoms. The minimum Gasteiger partial charge on any atom is -0.313 e. The van der Waals surface area contributed by atoms with E-state index in [-0.39, 0.29) is 17.0 Å². The van der Waals surface area contributed by atoms with Crippen LogP contribution >= 0.6 is 34.0 Å². The molecule has 4 nitrogen and oxygen atoms in total. The molecule has 0 atom stereocenters. The SMILES string of the molecule is CC1(C)Cc2c(sc(NC(=O)/C=C/c3cccs3)c2-c2nc3ccccc3s2)C(C)(C)N1. The third kappa shape index (κ3) is 4.06. The number of anilines is 1. The maximum absolute atomic E-state index is 12.8. The lowest BCUT2D eigenvalue weighted by Gasteiger charge is -2.42. The average Bonchev–Trinajstić information content (AvgIpc) is 3.43. The molecular formula is C25H25N3OS3. The number of thiophene rings is 2. The van der Waals surface area contributed by atoms with Gasteiger partial charge >= 0.3 is 0 Å². The molecule has 4 heterocycles. The van der Waals surface area contributed by atoms with E-state index >= 15 is 0 Å². The summed E-state index contributed by atoms with van der Waals surface area (Å²) in [4.78, 5) is 20.1. The summed E-state index contributed by atoms with van der Waals surface area (Å²) < 4.78 is 1.16. The first-order valence-corrected chi connectivity index (χ1v) is 13.1. The van der Waals surface area contributed by atoms with Crippen molar-refractivity contribution in [2.24, 2.45) is 0 Å². The van der Waals surface area contributed by atoms with Crippen LogP contribution in [0.1, 0.15) is 43.0 Å². The summed E-state index contributed by atoms with van der Waals surface area (Å²) in [5, 5.41) is 10.8. The van der Waals surface area contributed by atoms with Gasteiger partial charge in [0.1, 0.15) is 10.0 Å². The molecule has 2 N–H and O–H groups in total. The number of carbonyl (C=O) groups is 1. The number of hydrogen-bond donors (Lipinski definition) is 2. The largest absolute Gasteiger partial charge is 0.313 e. The summed E-state index contributed by atoms with van der Waals surface area (Å²) in [5.41, 5.74) is 3.12. The summed E-state index contributed by atoms with van der Waals surface area (Å²) in [6, 6.07) is 12.2. The molecule has 1 aliphatic rings. The number of nitrogens with zero attached hydrogens (tertiary/aromatic N) is 1. The lowest BCUT2D eigenvalue weighted by atomic mass is 9.81. The predicted molar refractivity (Wildman–Crippen MR) is 139 cm³/mol. The molecule has 0 fully saturated rings. The molecule has 32 heavy (non-hydrogen) atoms. The Morgan fingerprint density at radius 2 is 1.94 bits per heavy atom. The van der Waals surface area contributed by atoms with E-state index in [2.05, 4.69) is 44.4 Å². The van der Waals surface area contributed by atoms with Gasteiger partial charge in [-0.15, -0.1) is 34.0 Å². The quantitative estimate of drug-likeness (QED) is 0.313. The fraction of sp³-hybridized carbons (Fsp3) is 0.280. The molecule has 3 aromatic heterocycles. The van der Waals surface area contributed by atoms with Crippen LogP contribution in [0.2, 0.25) is 0 Å². The normalized spacial score (nSPS) is 17.0. The molecule has 164 valence electrons. The van der Waals surface area contributed by atoms with Gasteiger partial charge in [0.2, 0.25) is 5.91 Å². The van der Waals surface area contributed by atoms with Gasteiger partial charge in [0.25, 0.3) is 0 Å². The molecule has 1 aromatic carbocycles. The number of rotatable bonds is 4. The van der Waals surface area contributed by atoms with Crippen LogP contribution in [-0.4, -0.2) is 16.4 Å². The van der Waals surface area contributed by atoms with Crippen molar-refractivity contribution >= 4 is 61.2 Å². The van der Waals surface area contributed by atoms with Crippen LogP contribution in [0.25, 0.3) is 26.9 Å². The number of hydrogen-bond acceptors (Lipinski definition) is 6. The second-order valence-corrected chi connectivity index (χ2v) is 12.3. The van der Waals surface area contributed by atoms with Crippen LogP contribution in [-0.2, 0) is 16.8 Å². The number of benzene rings is 1. The van der Waals surface area contributed by atoms with Crippen molar-refractivity contribution in [3.05, 3.63) is 63.2 Å². The van der Waals surface area contributed by atoms with Gasteiger partial charge in [-0.3, -0.25) is 4.79 Å². The zero-order chi connectivity index (χ0) is 22.5. The maximum Gasteiger partial charge on any atom is 0.249 e. The van der Waals surface area contributed by atoms with Crippen LogP contribution < -0.4 is 10.6 Å². The number of aromatic nitrogens is 1. The number of nitrogens with one attached hydrogen (secondary N) is 2. The molecule has 0 spiro atoms. The zero-order valence-electron chi connectivity index (χ0n) is 18.5. The van der Waals surface area contributed by atoms with Crippen LogP contribution in [0.4, 0.5) is 5.00 Å². The molecule has 0 radical (unpaired) electrons. The highest BCUT2D eigenvalue weighted by Crippen LogP contribution is 2.50. The number of para-hydroxylation sites is 1. The second-order valence-electron chi connectivity index (χ2n) is 9.25. The number of thiazole rings is 1. The van der Waals surface area contributed by atoms with Crippen LogP contribution in [0, 0.1) is 0 Å². The van der Waals surface area contributed by atoms with Gasteiger partial charge in [0.15, 0.2) is 0 Å². The third-order valence-electron chi connectivity index (χ3n) is 5.53. The Kier molecular flexibility index (Phi) is 5.33. The Balaban J connectivity index is 1.61.